The number of imidazole rings is 1. The van der Waals surface area contributed by atoms with E-state index >= 15 is 0 Å². The minimum Gasteiger partial charge on any atom is -0.332 e. The highest BCUT2D eigenvalue weighted by Crippen LogP contribution is 2.14. The van der Waals surface area contributed by atoms with Crippen molar-refractivity contribution in [2.45, 2.75) is 27.7 Å². The first-order chi connectivity index (χ1) is 7.68. The van der Waals surface area contributed by atoms with Gasteiger partial charge in [-0.3, -0.25) is 0 Å². The number of hydrogen-bond donors (Lipinski definition) is 0. The maximum Gasteiger partial charge on any atom is 0.178 e. The molecule has 2 aromatic heterocycles. The summed E-state index contributed by atoms with van der Waals surface area (Å²) >= 11 is 0. The molecular formula is C13H21N3. The molecular weight excluding hydrogens is 198 g/mol. The maximum atomic E-state index is 4.33. The summed E-state index contributed by atoms with van der Waals surface area (Å²) in [5.41, 5.74) is 4.23. The third kappa shape index (κ3) is 2.92. The van der Waals surface area contributed by atoms with E-state index in [1.165, 1.54) is 5.56 Å². The largest absolute Gasteiger partial charge is 0.332 e. The van der Waals surface area contributed by atoms with Crippen LogP contribution < -0.4 is 0 Å². The standard InChI is InChI=1S/C9H11N3.C2H6.C2H4/c1-6-4-7(2)11-9-8(6)12(3)5-10-9;2*1-2/h4-5H,1-3H3;1-2H3;1-2H2. The molecule has 0 aliphatic carbocycles. The van der Waals surface area contributed by atoms with Gasteiger partial charge in [0, 0.05) is 12.7 Å². The van der Waals surface area contributed by atoms with Crippen molar-refractivity contribution < 1.29 is 0 Å². The van der Waals surface area contributed by atoms with E-state index < -0.39 is 0 Å². The van der Waals surface area contributed by atoms with Crippen LogP contribution in [0.1, 0.15) is 25.1 Å². The van der Waals surface area contributed by atoms with Crippen molar-refractivity contribution in [3.63, 3.8) is 0 Å². The average Bonchev–Trinajstić information content (AvgIpc) is 2.66. The summed E-state index contributed by atoms with van der Waals surface area (Å²) in [6.07, 6.45) is 1.80. The molecule has 0 radical (unpaired) electrons. The quantitative estimate of drug-likeness (QED) is 0.636. The van der Waals surface area contributed by atoms with Gasteiger partial charge in [-0.25, -0.2) is 9.97 Å². The number of aromatic nitrogens is 3. The lowest BCUT2D eigenvalue weighted by atomic mass is 10.2. The highest BCUT2D eigenvalue weighted by molar-refractivity contribution is 5.74. The summed E-state index contributed by atoms with van der Waals surface area (Å²) in [5.74, 6) is 0. The lowest BCUT2D eigenvalue weighted by molar-refractivity contribution is 0.943. The summed E-state index contributed by atoms with van der Waals surface area (Å²) in [4.78, 5) is 8.52. The van der Waals surface area contributed by atoms with Gasteiger partial charge >= 0.3 is 0 Å². The van der Waals surface area contributed by atoms with Crippen molar-refractivity contribution >= 4 is 11.2 Å². The Morgan fingerprint density at radius 1 is 1.19 bits per heavy atom. The molecule has 2 aromatic rings. The molecule has 0 fully saturated rings. The highest BCUT2D eigenvalue weighted by atomic mass is 15.1. The maximum absolute atomic E-state index is 4.33. The van der Waals surface area contributed by atoms with Crippen LogP contribution in [0.2, 0.25) is 0 Å². The second-order valence-electron chi connectivity index (χ2n) is 3.11. The zero-order chi connectivity index (χ0) is 12.7. The van der Waals surface area contributed by atoms with Gasteiger partial charge in [-0.1, -0.05) is 13.8 Å². The fourth-order valence-corrected chi connectivity index (χ4v) is 1.54. The first kappa shape index (κ1) is 14.4. The number of rotatable bonds is 0. The summed E-state index contributed by atoms with van der Waals surface area (Å²) in [6, 6.07) is 2.07. The first-order valence-corrected chi connectivity index (χ1v) is 5.44. The Bertz CT molecular complexity index is 444. The molecule has 0 saturated carbocycles. The Labute approximate surface area is 97.8 Å². The van der Waals surface area contributed by atoms with Crippen molar-refractivity contribution in [2.24, 2.45) is 7.05 Å². The van der Waals surface area contributed by atoms with Crippen molar-refractivity contribution in [3.05, 3.63) is 36.8 Å². The minimum absolute atomic E-state index is 0.843. The van der Waals surface area contributed by atoms with E-state index in [-0.39, 0.29) is 0 Å². The van der Waals surface area contributed by atoms with E-state index in [1.54, 1.807) is 6.33 Å². The van der Waals surface area contributed by atoms with Crippen molar-refractivity contribution in [3.8, 4) is 0 Å². The van der Waals surface area contributed by atoms with Crippen molar-refractivity contribution in [1.82, 2.24) is 14.5 Å². The number of nitrogens with zero attached hydrogens (tertiary/aromatic N) is 3. The van der Waals surface area contributed by atoms with E-state index in [2.05, 4.69) is 36.1 Å². The van der Waals surface area contributed by atoms with Gasteiger partial charge in [-0.05, 0) is 25.5 Å². The normalized spacial score (nSPS) is 8.81. The van der Waals surface area contributed by atoms with E-state index in [4.69, 9.17) is 0 Å². The summed E-state index contributed by atoms with van der Waals surface area (Å²) in [6.45, 7) is 14.1. The molecule has 0 bridgehead atoms. The zero-order valence-electron chi connectivity index (χ0n) is 10.9. The predicted octanol–water partition coefficient (Wildman–Crippen LogP) is 3.41. The molecule has 0 atom stereocenters. The van der Waals surface area contributed by atoms with Crippen LogP contribution in [-0.2, 0) is 7.05 Å². The third-order valence-corrected chi connectivity index (χ3v) is 2.00. The fraction of sp³-hybridized carbons (Fsp3) is 0.385. The molecule has 2 rings (SSSR count). The SMILES string of the molecule is C=C.CC.Cc1cc(C)c2c(ncn2C)n1. The van der Waals surface area contributed by atoms with Gasteiger partial charge < -0.3 is 4.57 Å². The molecule has 3 heteroatoms. The second kappa shape index (κ2) is 6.77. The molecule has 0 amide bonds. The number of aryl methyl sites for hydroxylation is 3. The number of pyridine rings is 1. The molecule has 88 valence electrons. The monoisotopic (exact) mass is 219 g/mol. The summed E-state index contributed by atoms with van der Waals surface area (Å²) in [7, 11) is 1.99. The van der Waals surface area contributed by atoms with Gasteiger partial charge in [0.25, 0.3) is 0 Å². The van der Waals surface area contributed by atoms with Crippen LogP contribution in [0.25, 0.3) is 11.2 Å². The van der Waals surface area contributed by atoms with Crippen LogP contribution in [0.15, 0.2) is 25.6 Å². The zero-order valence-corrected chi connectivity index (χ0v) is 10.9. The Kier molecular flexibility index (Phi) is 6.08. The van der Waals surface area contributed by atoms with Crippen LogP contribution in [-0.4, -0.2) is 14.5 Å². The van der Waals surface area contributed by atoms with Crippen molar-refractivity contribution in [1.29, 1.82) is 0 Å². The summed E-state index contributed by atoms with van der Waals surface area (Å²) < 4.78 is 2.00. The molecule has 0 aliphatic heterocycles. The molecule has 2 heterocycles. The smallest absolute Gasteiger partial charge is 0.178 e. The molecule has 3 nitrogen and oxygen atoms in total. The lowest BCUT2D eigenvalue weighted by Gasteiger charge is -1.99. The average molecular weight is 219 g/mol. The molecule has 0 aromatic carbocycles. The van der Waals surface area contributed by atoms with Gasteiger partial charge in [0.1, 0.15) is 0 Å². The first-order valence-electron chi connectivity index (χ1n) is 5.44. The fourth-order valence-electron chi connectivity index (χ4n) is 1.54. The Morgan fingerprint density at radius 2 is 1.75 bits per heavy atom. The molecule has 0 spiro atoms. The van der Waals surface area contributed by atoms with E-state index in [0.29, 0.717) is 0 Å². The van der Waals surface area contributed by atoms with Crippen molar-refractivity contribution in [2.75, 3.05) is 0 Å². The van der Waals surface area contributed by atoms with Gasteiger partial charge in [-0.2, -0.15) is 0 Å². The summed E-state index contributed by atoms with van der Waals surface area (Å²) in [5, 5.41) is 0. The van der Waals surface area contributed by atoms with E-state index in [1.807, 2.05) is 32.4 Å². The topological polar surface area (TPSA) is 30.7 Å². The van der Waals surface area contributed by atoms with Crippen LogP contribution in [0.3, 0.4) is 0 Å². The highest BCUT2D eigenvalue weighted by Gasteiger charge is 2.03. The predicted molar refractivity (Wildman–Crippen MR) is 70.6 cm³/mol. The van der Waals surface area contributed by atoms with Gasteiger partial charge in [0.2, 0.25) is 0 Å². The Balaban J connectivity index is 0.000000509. The molecule has 0 unspecified atom stereocenters. The van der Waals surface area contributed by atoms with Crippen LogP contribution >= 0.6 is 0 Å². The second-order valence-corrected chi connectivity index (χ2v) is 3.11. The van der Waals surface area contributed by atoms with Gasteiger partial charge in [0.15, 0.2) is 5.65 Å². The lowest BCUT2D eigenvalue weighted by Crippen LogP contribution is -1.90. The number of fused-ring (bicyclic) bond motifs is 1. The Morgan fingerprint density at radius 3 is 2.31 bits per heavy atom. The van der Waals surface area contributed by atoms with E-state index in [0.717, 1.165) is 16.9 Å². The van der Waals surface area contributed by atoms with Crippen LogP contribution in [0, 0.1) is 13.8 Å². The third-order valence-electron chi connectivity index (χ3n) is 2.00. The Hall–Kier alpha value is -1.64. The van der Waals surface area contributed by atoms with Gasteiger partial charge in [0.05, 0.1) is 11.8 Å². The minimum atomic E-state index is 0.843. The van der Waals surface area contributed by atoms with Crippen LogP contribution in [0.4, 0.5) is 0 Å². The molecule has 0 saturated heterocycles. The van der Waals surface area contributed by atoms with E-state index in [9.17, 15) is 0 Å². The molecule has 0 N–H and O–H groups in total. The number of hydrogen-bond acceptors (Lipinski definition) is 2. The van der Waals surface area contributed by atoms with Crippen LogP contribution in [0.5, 0.6) is 0 Å². The molecule has 16 heavy (non-hydrogen) atoms. The molecule has 0 aliphatic rings. The van der Waals surface area contributed by atoms with Gasteiger partial charge in [-0.15, -0.1) is 13.2 Å².